The zero-order valence-electron chi connectivity index (χ0n) is 11.0. The summed E-state index contributed by atoms with van der Waals surface area (Å²) in [6.07, 6.45) is 2.51. The number of aliphatic hydroxyl groups is 1. The zero-order valence-corrected chi connectivity index (χ0v) is 11.8. The topological polar surface area (TPSA) is 49.5 Å². The van der Waals surface area contributed by atoms with Crippen LogP contribution in [0, 0.1) is 5.92 Å². The van der Waals surface area contributed by atoms with E-state index in [1.54, 1.807) is 17.6 Å². The van der Waals surface area contributed by atoms with Crippen molar-refractivity contribution < 1.29 is 9.52 Å². The average Bonchev–Trinajstić information content (AvgIpc) is 3.04. The van der Waals surface area contributed by atoms with Gasteiger partial charge in [0.25, 0.3) is 0 Å². The smallest absolute Gasteiger partial charge is 0.162 e. The van der Waals surface area contributed by atoms with Gasteiger partial charge in [0.2, 0.25) is 0 Å². The van der Waals surface area contributed by atoms with Gasteiger partial charge in [-0.05, 0) is 31.0 Å². The van der Waals surface area contributed by atoms with Crippen molar-refractivity contribution in [2.75, 3.05) is 13.1 Å². The zero-order chi connectivity index (χ0) is 13.2. The Hall–Kier alpha value is -1.17. The number of hydrogen-bond acceptors (Lipinski definition) is 5. The molecular formula is C14H18N2O2S. The molecule has 2 aromatic rings. The third-order valence-corrected chi connectivity index (χ3v) is 4.58. The summed E-state index contributed by atoms with van der Waals surface area (Å²) in [6.45, 7) is 4.70. The summed E-state index contributed by atoms with van der Waals surface area (Å²) in [4.78, 5) is 6.86. The summed E-state index contributed by atoms with van der Waals surface area (Å²) < 4.78 is 5.35. The number of piperidine rings is 1. The first-order valence-corrected chi connectivity index (χ1v) is 7.49. The van der Waals surface area contributed by atoms with E-state index >= 15 is 0 Å². The first-order valence-electron chi connectivity index (χ1n) is 6.61. The Kier molecular flexibility index (Phi) is 3.68. The second kappa shape index (κ2) is 5.45. The highest BCUT2D eigenvalue weighted by Gasteiger charge is 2.24. The molecule has 1 N–H and O–H groups in total. The molecule has 19 heavy (non-hydrogen) atoms. The summed E-state index contributed by atoms with van der Waals surface area (Å²) in [6, 6.07) is 3.80. The summed E-state index contributed by atoms with van der Waals surface area (Å²) in [5.41, 5.74) is 1.05. The van der Waals surface area contributed by atoms with E-state index < -0.39 is 0 Å². The minimum absolute atomic E-state index is 0.211. The fourth-order valence-corrected chi connectivity index (χ4v) is 3.16. The molecule has 3 heterocycles. The number of hydrogen-bond donors (Lipinski definition) is 1. The number of aliphatic hydroxyl groups excluding tert-OH is 1. The standard InChI is InChI=1S/C14H18N2O2S/c1-10-4-5-16(8-12(10)17)7-11-9-19-14(15-11)13-3-2-6-18-13/h2-3,6,9-10,12,17H,4-5,7-8H2,1H3. The minimum atomic E-state index is -0.211. The van der Waals surface area contributed by atoms with Crippen molar-refractivity contribution in [1.82, 2.24) is 9.88 Å². The van der Waals surface area contributed by atoms with Gasteiger partial charge in [-0.15, -0.1) is 11.3 Å². The molecule has 1 aliphatic heterocycles. The van der Waals surface area contributed by atoms with Crippen molar-refractivity contribution in [2.45, 2.75) is 26.0 Å². The molecule has 0 saturated carbocycles. The van der Waals surface area contributed by atoms with E-state index in [1.165, 1.54) is 0 Å². The fraction of sp³-hybridized carbons (Fsp3) is 0.500. The number of thiazole rings is 1. The third kappa shape index (κ3) is 2.88. The number of rotatable bonds is 3. The molecule has 0 aromatic carbocycles. The Morgan fingerprint density at radius 3 is 3.21 bits per heavy atom. The lowest BCUT2D eigenvalue weighted by molar-refractivity contribution is 0.0255. The highest BCUT2D eigenvalue weighted by atomic mass is 32.1. The maximum absolute atomic E-state index is 9.91. The molecular weight excluding hydrogens is 260 g/mol. The van der Waals surface area contributed by atoms with Gasteiger partial charge in [0.05, 0.1) is 18.1 Å². The Balaban J connectivity index is 1.64. The number of β-amino-alcohol motifs (C(OH)–C–C–N with tert-alkyl or cyclic N) is 1. The maximum Gasteiger partial charge on any atom is 0.162 e. The van der Waals surface area contributed by atoms with E-state index in [4.69, 9.17) is 4.42 Å². The van der Waals surface area contributed by atoms with Gasteiger partial charge in [-0.25, -0.2) is 4.98 Å². The van der Waals surface area contributed by atoms with Gasteiger partial charge in [-0.1, -0.05) is 6.92 Å². The van der Waals surface area contributed by atoms with Crippen molar-refractivity contribution in [3.63, 3.8) is 0 Å². The second-order valence-corrected chi connectivity index (χ2v) is 6.05. The van der Waals surface area contributed by atoms with Crippen molar-refractivity contribution in [1.29, 1.82) is 0 Å². The van der Waals surface area contributed by atoms with Crippen LogP contribution in [0.2, 0.25) is 0 Å². The highest BCUT2D eigenvalue weighted by Crippen LogP contribution is 2.25. The van der Waals surface area contributed by atoms with E-state index in [9.17, 15) is 5.11 Å². The molecule has 0 radical (unpaired) electrons. The molecule has 2 unspecified atom stereocenters. The van der Waals surface area contributed by atoms with Crippen LogP contribution < -0.4 is 0 Å². The minimum Gasteiger partial charge on any atom is -0.462 e. The van der Waals surface area contributed by atoms with Gasteiger partial charge in [0.15, 0.2) is 10.8 Å². The molecule has 0 aliphatic carbocycles. The van der Waals surface area contributed by atoms with Crippen LogP contribution in [0.4, 0.5) is 0 Å². The summed E-state index contributed by atoms with van der Waals surface area (Å²) >= 11 is 1.60. The average molecular weight is 278 g/mol. The monoisotopic (exact) mass is 278 g/mol. The lowest BCUT2D eigenvalue weighted by atomic mass is 9.96. The molecule has 2 atom stereocenters. The van der Waals surface area contributed by atoms with Crippen LogP contribution in [0.5, 0.6) is 0 Å². The van der Waals surface area contributed by atoms with Gasteiger partial charge in [0, 0.05) is 18.5 Å². The summed E-state index contributed by atoms with van der Waals surface area (Å²) in [5.74, 6) is 1.23. The molecule has 0 amide bonds. The number of nitrogens with zero attached hydrogens (tertiary/aromatic N) is 2. The van der Waals surface area contributed by atoms with Crippen LogP contribution >= 0.6 is 11.3 Å². The van der Waals surface area contributed by atoms with Gasteiger partial charge in [-0.3, -0.25) is 4.90 Å². The van der Waals surface area contributed by atoms with E-state index in [2.05, 4.69) is 22.2 Å². The molecule has 5 heteroatoms. The predicted octanol–water partition coefficient (Wildman–Crippen LogP) is 2.61. The quantitative estimate of drug-likeness (QED) is 0.937. The first-order chi connectivity index (χ1) is 9.22. The number of aromatic nitrogens is 1. The first kappa shape index (κ1) is 12.8. The van der Waals surface area contributed by atoms with E-state index in [1.807, 2.05) is 12.1 Å². The van der Waals surface area contributed by atoms with Crippen LogP contribution in [0.1, 0.15) is 19.0 Å². The maximum atomic E-state index is 9.91. The lowest BCUT2D eigenvalue weighted by Gasteiger charge is -2.33. The molecule has 1 aliphatic rings. The summed E-state index contributed by atoms with van der Waals surface area (Å²) in [5, 5.41) is 12.9. The molecule has 0 bridgehead atoms. The van der Waals surface area contributed by atoms with Crippen molar-refractivity contribution in [2.24, 2.45) is 5.92 Å². The van der Waals surface area contributed by atoms with Crippen molar-refractivity contribution in [3.05, 3.63) is 29.5 Å². The van der Waals surface area contributed by atoms with Crippen LogP contribution in [0.3, 0.4) is 0 Å². The fourth-order valence-electron chi connectivity index (χ4n) is 2.38. The Bertz CT molecular complexity index is 523. The largest absolute Gasteiger partial charge is 0.462 e. The third-order valence-electron chi connectivity index (χ3n) is 3.67. The van der Waals surface area contributed by atoms with Gasteiger partial charge in [-0.2, -0.15) is 0 Å². The number of likely N-dealkylation sites (tertiary alicyclic amines) is 1. The van der Waals surface area contributed by atoms with E-state index in [-0.39, 0.29) is 6.10 Å². The van der Waals surface area contributed by atoms with E-state index in [0.717, 1.165) is 42.5 Å². The molecule has 3 rings (SSSR count). The van der Waals surface area contributed by atoms with Gasteiger partial charge < -0.3 is 9.52 Å². The Labute approximate surface area is 116 Å². The molecule has 1 fully saturated rings. The van der Waals surface area contributed by atoms with Crippen molar-refractivity contribution >= 4 is 11.3 Å². The molecule has 1 saturated heterocycles. The van der Waals surface area contributed by atoms with Crippen LogP contribution in [-0.2, 0) is 6.54 Å². The van der Waals surface area contributed by atoms with Gasteiger partial charge in [0.1, 0.15) is 0 Å². The van der Waals surface area contributed by atoms with Crippen LogP contribution in [-0.4, -0.2) is 34.2 Å². The normalized spacial score (nSPS) is 24.7. The molecule has 0 spiro atoms. The predicted molar refractivity (Wildman–Crippen MR) is 74.9 cm³/mol. The van der Waals surface area contributed by atoms with Crippen LogP contribution in [0.25, 0.3) is 10.8 Å². The van der Waals surface area contributed by atoms with E-state index in [0.29, 0.717) is 5.92 Å². The Morgan fingerprint density at radius 2 is 2.47 bits per heavy atom. The van der Waals surface area contributed by atoms with Crippen LogP contribution in [0.15, 0.2) is 28.2 Å². The Morgan fingerprint density at radius 1 is 1.58 bits per heavy atom. The lowest BCUT2D eigenvalue weighted by Crippen LogP contribution is -2.42. The molecule has 2 aromatic heterocycles. The summed E-state index contributed by atoms with van der Waals surface area (Å²) in [7, 11) is 0. The van der Waals surface area contributed by atoms with Crippen molar-refractivity contribution in [3.8, 4) is 10.8 Å². The SMILES string of the molecule is CC1CCN(Cc2csc(-c3ccco3)n2)CC1O. The highest BCUT2D eigenvalue weighted by molar-refractivity contribution is 7.13. The molecule has 102 valence electrons. The second-order valence-electron chi connectivity index (χ2n) is 5.19. The molecule has 4 nitrogen and oxygen atoms in total. The van der Waals surface area contributed by atoms with Gasteiger partial charge >= 0.3 is 0 Å². The number of furan rings is 1.